The van der Waals surface area contributed by atoms with Crippen LogP contribution in [0.15, 0.2) is 0 Å². The molecule has 0 radical (unpaired) electrons. The van der Waals surface area contributed by atoms with Gasteiger partial charge in [0.1, 0.15) is 0 Å². The van der Waals surface area contributed by atoms with E-state index in [-0.39, 0.29) is 39.3 Å². The molecule has 0 heterocycles. The molecule has 0 bridgehead atoms. The van der Waals surface area contributed by atoms with Crippen molar-refractivity contribution in [1.29, 1.82) is 0 Å². The van der Waals surface area contributed by atoms with Gasteiger partial charge in [-0.3, -0.25) is 9.13 Å². The van der Waals surface area contributed by atoms with Crippen LogP contribution < -0.4 is 0 Å². The van der Waals surface area contributed by atoms with Gasteiger partial charge in [0, 0.05) is 6.42 Å². The lowest BCUT2D eigenvalue weighted by atomic mass is 10.4. The smallest absolute Gasteiger partial charge is 0.306 e. The summed E-state index contributed by atoms with van der Waals surface area (Å²) >= 11 is 0. The standard InChI is InChI=1S/C12H27FO6P2/c1-6-11-12(13,20(14,16-7-2)17-8-3)21(15,18-9-4)19-10-5/h6-11H2,1-5H3. The molecule has 0 spiro atoms. The minimum Gasteiger partial charge on any atom is -0.306 e. The second-order valence-electron chi connectivity index (χ2n) is 4.13. The van der Waals surface area contributed by atoms with Gasteiger partial charge in [0.2, 0.25) is 0 Å². The molecular weight excluding hydrogens is 321 g/mol. The molecule has 128 valence electrons. The van der Waals surface area contributed by atoms with Gasteiger partial charge >= 0.3 is 20.3 Å². The van der Waals surface area contributed by atoms with E-state index in [9.17, 15) is 9.13 Å². The van der Waals surface area contributed by atoms with Gasteiger partial charge < -0.3 is 18.1 Å². The van der Waals surface area contributed by atoms with Crippen LogP contribution in [0.25, 0.3) is 0 Å². The molecule has 0 fully saturated rings. The molecule has 21 heavy (non-hydrogen) atoms. The van der Waals surface area contributed by atoms with Crippen molar-refractivity contribution in [1.82, 2.24) is 0 Å². The summed E-state index contributed by atoms with van der Waals surface area (Å²) in [6.07, 6.45) is -0.0215. The predicted molar refractivity (Wildman–Crippen MR) is 80.5 cm³/mol. The summed E-state index contributed by atoms with van der Waals surface area (Å²) in [6.45, 7) is 7.77. The summed E-state index contributed by atoms with van der Waals surface area (Å²) in [5.41, 5.74) is 0. The average Bonchev–Trinajstić information content (AvgIpc) is 2.39. The zero-order valence-corrected chi connectivity index (χ0v) is 15.3. The number of rotatable bonds is 12. The minimum atomic E-state index is -4.32. The Morgan fingerprint density at radius 2 is 1.05 bits per heavy atom. The molecule has 0 aromatic carbocycles. The zero-order valence-electron chi connectivity index (χ0n) is 13.5. The fourth-order valence-corrected chi connectivity index (χ4v) is 7.08. The first-order valence-corrected chi connectivity index (χ1v) is 10.4. The normalized spacial score (nSPS) is 13.6. The highest BCUT2D eigenvalue weighted by atomic mass is 31.2. The highest BCUT2D eigenvalue weighted by molar-refractivity contribution is 7.73. The molecule has 0 aliphatic carbocycles. The molecule has 0 aliphatic rings. The monoisotopic (exact) mass is 348 g/mol. The molecule has 0 aromatic heterocycles. The third-order valence-corrected chi connectivity index (χ3v) is 8.59. The van der Waals surface area contributed by atoms with E-state index in [1.165, 1.54) is 0 Å². The fourth-order valence-electron chi connectivity index (χ4n) is 1.89. The SMILES string of the molecule is CCCC(F)(P(=O)(OCC)OCC)P(=O)(OCC)OCC. The van der Waals surface area contributed by atoms with Gasteiger partial charge in [-0.05, 0) is 27.7 Å². The molecule has 0 aromatic rings. The first kappa shape index (κ1) is 21.2. The van der Waals surface area contributed by atoms with Crippen LogP contribution in [0.1, 0.15) is 47.5 Å². The van der Waals surface area contributed by atoms with Crippen molar-refractivity contribution < 1.29 is 31.6 Å². The van der Waals surface area contributed by atoms with Crippen LogP contribution >= 0.6 is 15.2 Å². The largest absolute Gasteiger partial charge is 0.380 e. The maximum Gasteiger partial charge on any atom is 0.380 e. The van der Waals surface area contributed by atoms with Crippen molar-refractivity contribution >= 4 is 15.2 Å². The second kappa shape index (κ2) is 9.39. The Labute approximate surface area is 126 Å². The molecule has 0 unspecified atom stereocenters. The molecule has 0 amide bonds. The molecule has 0 N–H and O–H groups in total. The van der Waals surface area contributed by atoms with Crippen molar-refractivity contribution in [2.75, 3.05) is 26.4 Å². The van der Waals surface area contributed by atoms with E-state index in [4.69, 9.17) is 18.1 Å². The summed E-state index contributed by atoms with van der Waals surface area (Å²) in [5, 5.41) is -2.81. The van der Waals surface area contributed by atoms with E-state index < -0.39 is 20.3 Å². The molecule has 0 rings (SSSR count). The third kappa shape index (κ3) is 4.60. The van der Waals surface area contributed by atoms with Crippen molar-refractivity contribution in [2.24, 2.45) is 0 Å². The lowest BCUT2D eigenvalue weighted by Gasteiger charge is -2.36. The fraction of sp³-hybridized carbons (Fsp3) is 1.00. The Hall–Kier alpha value is 0.230. The lowest BCUT2D eigenvalue weighted by molar-refractivity contribution is 0.130. The first-order chi connectivity index (χ1) is 9.80. The Balaban J connectivity index is 5.95. The van der Waals surface area contributed by atoms with Crippen LogP contribution in [0, 0.1) is 0 Å². The van der Waals surface area contributed by atoms with Gasteiger partial charge in [0.25, 0.3) is 0 Å². The zero-order chi connectivity index (χ0) is 16.6. The Bertz CT molecular complexity index is 340. The average molecular weight is 348 g/mol. The molecule has 0 aliphatic heterocycles. The van der Waals surface area contributed by atoms with Crippen LogP contribution in [-0.2, 0) is 27.2 Å². The van der Waals surface area contributed by atoms with E-state index >= 15 is 4.39 Å². The quantitative estimate of drug-likeness (QED) is 0.465. The summed E-state index contributed by atoms with van der Waals surface area (Å²) in [5.74, 6) is 0. The molecule has 0 saturated carbocycles. The predicted octanol–water partition coefficient (Wildman–Crippen LogP) is 4.94. The lowest BCUT2D eigenvalue weighted by Crippen LogP contribution is -2.28. The van der Waals surface area contributed by atoms with Crippen LogP contribution in [-0.4, -0.2) is 31.6 Å². The summed E-state index contributed by atoms with van der Waals surface area (Å²) in [6, 6.07) is 0. The van der Waals surface area contributed by atoms with Gasteiger partial charge in [0.05, 0.1) is 26.4 Å². The molecule has 0 saturated heterocycles. The van der Waals surface area contributed by atoms with Crippen molar-refractivity contribution in [3.05, 3.63) is 0 Å². The van der Waals surface area contributed by atoms with E-state index in [1.54, 1.807) is 34.6 Å². The Morgan fingerprint density at radius 1 is 0.762 bits per heavy atom. The number of alkyl halides is 1. The minimum absolute atomic E-state index is 0.0368. The van der Waals surface area contributed by atoms with E-state index in [0.29, 0.717) is 0 Å². The summed E-state index contributed by atoms with van der Waals surface area (Å²) in [7, 11) is -8.64. The van der Waals surface area contributed by atoms with E-state index in [2.05, 4.69) is 0 Å². The van der Waals surface area contributed by atoms with Crippen LogP contribution in [0.3, 0.4) is 0 Å². The van der Waals surface area contributed by atoms with Crippen LogP contribution in [0.5, 0.6) is 0 Å². The van der Waals surface area contributed by atoms with Crippen molar-refractivity contribution in [3.63, 3.8) is 0 Å². The van der Waals surface area contributed by atoms with Crippen molar-refractivity contribution in [3.8, 4) is 0 Å². The second-order valence-corrected chi connectivity index (χ2v) is 8.93. The number of halogens is 1. The highest BCUT2D eigenvalue weighted by Crippen LogP contribution is 2.80. The maximum absolute atomic E-state index is 15.6. The van der Waals surface area contributed by atoms with Gasteiger partial charge in [-0.25, -0.2) is 4.39 Å². The number of hydrogen-bond donors (Lipinski definition) is 0. The van der Waals surface area contributed by atoms with Gasteiger partial charge in [-0.2, -0.15) is 0 Å². The van der Waals surface area contributed by atoms with Crippen molar-refractivity contribution in [2.45, 2.75) is 52.6 Å². The Morgan fingerprint density at radius 3 is 1.24 bits per heavy atom. The third-order valence-electron chi connectivity index (χ3n) is 2.60. The maximum atomic E-state index is 15.6. The molecule has 9 heteroatoms. The number of hydrogen-bond acceptors (Lipinski definition) is 6. The highest BCUT2D eigenvalue weighted by Gasteiger charge is 2.66. The van der Waals surface area contributed by atoms with Crippen LogP contribution in [0.2, 0.25) is 0 Å². The Kier molecular flexibility index (Phi) is 9.49. The summed E-state index contributed by atoms with van der Waals surface area (Å²) in [4.78, 5) is 0. The molecule has 6 nitrogen and oxygen atoms in total. The molecule has 0 atom stereocenters. The van der Waals surface area contributed by atoms with Gasteiger partial charge in [-0.15, -0.1) is 0 Å². The molecular formula is C12H27FO6P2. The van der Waals surface area contributed by atoms with Gasteiger partial charge in [-0.1, -0.05) is 13.3 Å². The van der Waals surface area contributed by atoms with E-state index in [1.807, 2.05) is 0 Å². The topological polar surface area (TPSA) is 71.1 Å². The van der Waals surface area contributed by atoms with E-state index in [0.717, 1.165) is 0 Å². The first-order valence-electron chi connectivity index (χ1n) is 7.28. The van der Waals surface area contributed by atoms with Crippen LogP contribution in [0.4, 0.5) is 4.39 Å². The summed E-state index contributed by atoms with van der Waals surface area (Å²) < 4.78 is 61.6. The van der Waals surface area contributed by atoms with Gasteiger partial charge in [0.15, 0.2) is 0 Å².